The number of pyridine rings is 1. The van der Waals surface area contributed by atoms with Gasteiger partial charge in [0.05, 0.1) is 12.6 Å². The number of benzene rings is 2. The highest BCUT2D eigenvalue weighted by atomic mass is 16.5. The van der Waals surface area contributed by atoms with E-state index in [1.165, 1.54) is 33.5 Å². The highest BCUT2D eigenvalue weighted by Crippen LogP contribution is 2.40. The molecule has 0 aliphatic heterocycles. The number of aromatic nitrogens is 1. The molecule has 0 amide bonds. The monoisotopic (exact) mass is 313 g/mol. The van der Waals surface area contributed by atoms with Gasteiger partial charge < -0.3 is 9.14 Å². The molecule has 0 aliphatic rings. The molecule has 0 spiro atoms. The standard InChI is InChI=1S/C22H19NO/c1-16-21(18-11-13-19(24-2)14-12-18)22(17-8-4-3-5-9-17)20-10-6-7-15-23(16)20/h3-15H,1-2H3. The van der Waals surface area contributed by atoms with Gasteiger partial charge in [0.15, 0.2) is 0 Å². The van der Waals surface area contributed by atoms with Gasteiger partial charge in [-0.2, -0.15) is 0 Å². The Labute approximate surface area is 142 Å². The third kappa shape index (κ3) is 2.28. The van der Waals surface area contributed by atoms with Gasteiger partial charge in [-0.05, 0) is 42.3 Å². The van der Waals surface area contributed by atoms with Crippen LogP contribution in [0.3, 0.4) is 0 Å². The summed E-state index contributed by atoms with van der Waals surface area (Å²) in [7, 11) is 1.70. The fraction of sp³-hybridized carbons (Fsp3) is 0.0909. The van der Waals surface area contributed by atoms with Gasteiger partial charge in [-0.25, -0.2) is 0 Å². The van der Waals surface area contributed by atoms with Gasteiger partial charge in [-0.3, -0.25) is 0 Å². The normalized spacial score (nSPS) is 10.9. The Balaban J connectivity index is 2.05. The predicted octanol–water partition coefficient (Wildman–Crippen LogP) is 5.59. The SMILES string of the molecule is COc1ccc(-c2c(-c3ccccc3)c3ccccn3c2C)cc1. The lowest BCUT2D eigenvalue weighted by Gasteiger charge is -2.08. The molecule has 4 rings (SSSR count). The second-order valence-corrected chi connectivity index (χ2v) is 5.89. The quantitative estimate of drug-likeness (QED) is 0.480. The number of rotatable bonds is 3. The molecule has 4 aromatic rings. The molecule has 0 saturated carbocycles. The summed E-state index contributed by atoms with van der Waals surface area (Å²) in [5.74, 6) is 0.876. The van der Waals surface area contributed by atoms with Gasteiger partial charge in [0, 0.05) is 23.0 Å². The highest BCUT2D eigenvalue weighted by Gasteiger charge is 2.18. The van der Waals surface area contributed by atoms with Crippen molar-refractivity contribution in [2.24, 2.45) is 0 Å². The van der Waals surface area contributed by atoms with Crippen molar-refractivity contribution in [2.75, 3.05) is 7.11 Å². The molecule has 118 valence electrons. The average molecular weight is 313 g/mol. The van der Waals surface area contributed by atoms with Crippen molar-refractivity contribution in [2.45, 2.75) is 6.92 Å². The van der Waals surface area contributed by atoms with Crippen molar-refractivity contribution in [1.29, 1.82) is 0 Å². The molecule has 0 saturated heterocycles. The number of hydrogen-bond donors (Lipinski definition) is 0. The zero-order valence-corrected chi connectivity index (χ0v) is 13.9. The lowest BCUT2D eigenvalue weighted by Crippen LogP contribution is -1.87. The first-order chi connectivity index (χ1) is 11.8. The lowest BCUT2D eigenvalue weighted by molar-refractivity contribution is 0.415. The number of fused-ring (bicyclic) bond motifs is 1. The molecule has 2 aromatic carbocycles. The van der Waals surface area contributed by atoms with Crippen LogP contribution >= 0.6 is 0 Å². The Morgan fingerprint density at radius 2 is 1.38 bits per heavy atom. The van der Waals surface area contributed by atoms with E-state index in [0.717, 1.165) is 5.75 Å². The summed E-state index contributed by atoms with van der Waals surface area (Å²) in [5, 5.41) is 0. The summed E-state index contributed by atoms with van der Waals surface area (Å²) in [5.41, 5.74) is 7.46. The van der Waals surface area contributed by atoms with Gasteiger partial charge in [0.1, 0.15) is 5.75 Å². The topological polar surface area (TPSA) is 13.6 Å². The van der Waals surface area contributed by atoms with Gasteiger partial charge in [0.2, 0.25) is 0 Å². The average Bonchev–Trinajstić information content (AvgIpc) is 2.95. The Hall–Kier alpha value is -3.00. The minimum absolute atomic E-state index is 0.876. The van der Waals surface area contributed by atoms with E-state index in [1.54, 1.807) is 7.11 Å². The molecule has 2 nitrogen and oxygen atoms in total. The Bertz CT molecular complexity index is 982. The minimum atomic E-state index is 0.876. The summed E-state index contributed by atoms with van der Waals surface area (Å²) in [6.07, 6.45) is 2.13. The maximum absolute atomic E-state index is 5.30. The molecule has 0 fully saturated rings. The van der Waals surface area contributed by atoms with Crippen LogP contribution in [0, 0.1) is 6.92 Å². The second kappa shape index (κ2) is 5.89. The second-order valence-electron chi connectivity index (χ2n) is 5.89. The Morgan fingerprint density at radius 1 is 0.708 bits per heavy atom. The van der Waals surface area contributed by atoms with Gasteiger partial charge in [-0.1, -0.05) is 48.5 Å². The van der Waals surface area contributed by atoms with Crippen LogP contribution in [0.25, 0.3) is 27.8 Å². The molecular formula is C22H19NO. The molecule has 0 unspecified atom stereocenters. The zero-order chi connectivity index (χ0) is 16.5. The minimum Gasteiger partial charge on any atom is -0.497 e. The summed E-state index contributed by atoms with van der Waals surface area (Å²) in [4.78, 5) is 0. The van der Waals surface area contributed by atoms with E-state index in [0.29, 0.717) is 0 Å². The van der Waals surface area contributed by atoms with Crippen molar-refractivity contribution in [3.05, 3.63) is 84.7 Å². The van der Waals surface area contributed by atoms with Crippen LogP contribution in [0.2, 0.25) is 0 Å². The van der Waals surface area contributed by atoms with Gasteiger partial charge >= 0.3 is 0 Å². The first-order valence-electron chi connectivity index (χ1n) is 8.09. The number of aryl methyl sites for hydroxylation is 1. The smallest absolute Gasteiger partial charge is 0.118 e. The van der Waals surface area contributed by atoms with E-state index in [9.17, 15) is 0 Å². The first kappa shape index (κ1) is 14.6. The van der Waals surface area contributed by atoms with Crippen LogP contribution in [0.1, 0.15) is 5.69 Å². The molecule has 24 heavy (non-hydrogen) atoms. The van der Waals surface area contributed by atoms with Gasteiger partial charge in [-0.15, -0.1) is 0 Å². The molecule has 0 radical (unpaired) electrons. The molecule has 0 N–H and O–H groups in total. The number of hydrogen-bond acceptors (Lipinski definition) is 1. The van der Waals surface area contributed by atoms with Crippen LogP contribution in [-0.4, -0.2) is 11.5 Å². The van der Waals surface area contributed by atoms with E-state index in [-0.39, 0.29) is 0 Å². The van der Waals surface area contributed by atoms with Crippen LogP contribution in [-0.2, 0) is 0 Å². The van der Waals surface area contributed by atoms with E-state index >= 15 is 0 Å². The maximum atomic E-state index is 5.30. The van der Waals surface area contributed by atoms with Crippen LogP contribution in [0.5, 0.6) is 5.75 Å². The molecule has 2 heteroatoms. The first-order valence-corrected chi connectivity index (χ1v) is 8.09. The van der Waals surface area contributed by atoms with Gasteiger partial charge in [0.25, 0.3) is 0 Å². The van der Waals surface area contributed by atoms with E-state index in [2.05, 4.69) is 78.2 Å². The molecule has 2 heterocycles. The number of ether oxygens (including phenoxy) is 1. The lowest BCUT2D eigenvalue weighted by atomic mass is 9.96. The Morgan fingerprint density at radius 3 is 2.08 bits per heavy atom. The predicted molar refractivity (Wildman–Crippen MR) is 99.6 cm³/mol. The van der Waals surface area contributed by atoms with Crippen LogP contribution < -0.4 is 4.74 Å². The third-order valence-electron chi connectivity index (χ3n) is 4.53. The molecular weight excluding hydrogens is 294 g/mol. The summed E-state index contributed by atoms with van der Waals surface area (Å²) >= 11 is 0. The largest absolute Gasteiger partial charge is 0.497 e. The Kier molecular flexibility index (Phi) is 3.58. The number of nitrogens with zero attached hydrogens (tertiary/aromatic N) is 1. The summed E-state index contributed by atoms with van der Waals surface area (Å²) in [6, 6.07) is 25.3. The maximum Gasteiger partial charge on any atom is 0.118 e. The third-order valence-corrected chi connectivity index (χ3v) is 4.53. The van der Waals surface area contributed by atoms with Crippen molar-refractivity contribution in [3.8, 4) is 28.0 Å². The summed E-state index contributed by atoms with van der Waals surface area (Å²) in [6.45, 7) is 2.18. The summed E-state index contributed by atoms with van der Waals surface area (Å²) < 4.78 is 7.57. The molecule has 2 aromatic heterocycles. The van der Waals surface area contributed by atoms with Crippen LogP contribution in [0.15, 0.2) is 79.0 Å². The zero-order valence-electron chi connectivity index (χ0n) is 13.9. The molecule has 0 bridgehead atoms. The fourth-order valence-electron chi connectivity index (χ4n) is 3.38. The van der Waals surface area contributed by atoms with Crippen LogP contribution in [0.4, 0.5) is 0 Å². The van der Waals surface area contributed by atoms with E-state index in [1.807, 2.05) is 12.1 Å². The highest BCUT2D eigenvalue weighted by molar-refractivity contribution is 5.96. The molecule has 0 atom stereocenters. The number of methoxy groups -OCH3 is 1. The van der Waals surface area contributed by atoms with Crippen molar-refractivity contribution in [1.82, 2.24) is 4.40 Å². The van der Waals surface area contributed by atoms with Crippen molar-refractivity contribution >= 4 is 5.52 Å². The van der Waals surface area contributed by atoms with Crippen molar-refractivity contribution in [3.63, 3.8) is 0 Å². The van der Waals surface area contributed by atoms with E-state index < -0.39 is 0 Å². The van der Waals surface area contributed by atoms with Crippen molar-refractivity contribution < 1.29 is 4.74 Å². The fourth-order valence-corrected chi connectivity index (χ4v) is 3.38. The van der Waals surface area contributed by atoms with E-state index in [4.69, 9.17) is 4.74 Å². The molecule has 0 aliphatic carbocycles.